The van der Waals surface area contributed by atoms with E-state index in [4.69, 9.17) is 11.6 Å². The second kappa shape index (κ2) is 7.10. The van der Waals surface area contributed by atoms with Crippen LogP contribution in [0.5, 0.6) is 0 Å². The molecule has 0 aliphatic rings. The third-order valence-electron chi connectivity index (χ3n) is 2.81. The van der Waals surface area contributed by atoms with Gasteiger partial charge in [-0.15, -0.1) is 0 Å². The first-order valence-electron chi connectivity index (χ1n) is 6.66. The third kappa shape index (κ3) is 4.39. The van der Waals surface area contributed by atoms with Crippen molar-refractivity contribution in [3.8, 4) is 0 Å². The van der Waals surface area contributed by atoms with Crippen LogP contribution in [-0.2, 0) is 15.8 Å². The van der Waals surface area contributed by atoms with E-state index < -0.39 is 33.1 Å². The molecule has 0 saturated heterocycles. The summed E-state index contributed by atoms with van der Waals surface area (Å²) in [6.45, 7) is 0. The van der Waals surface area contributed by atoms with Crippen molar-refractivity contribution in [1.29, 1.82) is 0 Å². The predicted molar refractivity (Wildman–Crippen MR) is 89.8 cm³/mol. The number of aromatic nitrogens is 2. The van der Waals surface area contributed by atoms with Gasteiger partial charge in [-0.05, 0) is 17.7 Å². The van der Waals surface area contributed by atoms with Gasteiger partial charge in [0, 0.05) is 19.1 Å². The number of hydrogen-bond donors (Lipinski definition) is 0. The van der Waals surface area contributed by atoms with Gasteiger partial charge in [-0.25, -0.2) is 22.6 Å². The Bertz CT molecular complexity index is 924. The molecule has 128 valence electrons. The Kier molecular flexibility index (Phi) is 5.35. The molecule has 10 heteroatoms. The minimum Gasteiger partial charge on any atom is -0.369 e. The summed E-state index contributed by atoms with van der Waals surface area (Å²) >= 11 is 5.73. The van der Waals surface area contributed by atoms with Gasteiger partial charge in [-0.2, -0.15) is 8.96 Å². The number of nitrogens with zero attached hydrogens (tertiary/aromatic N) is 4. The molecule has 0 radical (unpaired) electrons. The number of halogens is 2. The first-order chi connectivity index (χ1) is 11.2. The molecule has 1 heterocycles. The number of hydrogen-bond acceptors (Lipinski definition) is 5. The Labute approximate surface area is 143 Å². The minimum atomic E-state index is -4.13. The normalized spacial score (nSPS) is 11.8. The first kappa shape index (κ1) is 18.1. The van der Waals surface area contributed by atoms with Gasteiger partial charge >= 0.3 is 5.69 Å². The van der Waals surface area contributed by atoms with E-state index in [2.05, 4.69) is 9.98 Å². The quantitative estimate of drug-likeness (QED) is 0.588. The van der Waals surface area contributed by atoms with Crippen molar-refractivity contribution in [2.75, 3.05) is 14.1 Å². The molecule has 1 aromatic carbocycles. The lowest BCUT2D eigenvalue weighted by Crippen LogP contribution is -2.30. The highest BCUT2D eigenvalue weighted by molar-refractivity contribution is 7.89. The average molecular weight is 373 g/mol. The maximum atomic E-state index is 14.0. The Balaban J connectivity index is 2.38. The summed E-state index contributed by atoms with van der Waals surface area (Å²) in [7, 11) is -0.827. The van der Waals surface area contributed by atoms with Crippen LogP contribution in [0, 0.1) is 5.82 Å². The van der Waals surface area contributed by atoms with Crippen LogP contribution in [0.25, 0.3) is 0 Å². The summed E-state index contributed by atoms with van der Waals surface area (Å²) in [4.78, 5) is 20.5. The molecule has 0 fully saturated rings. The SMILES string of the molecule is CN(C)C=Nc1nc(=O)n(S(=O)(=O)Cc2ccc(Cl)cc2)cc1F. The van der Waals surface area contributed by atoms with Gasteiger partial charge < -0.3 is 4.90 Å². The molecule has 0 aliphatic heterocycles. The van der Waals surface area contributed by atoms with Gasteiger partial charge in [0.05, 0.1) is 18.3 Å². The number of rotatable bonds is 5. The van der Waals surface area contributed by atoms with Crippen LogP contribution in [-0.4, -0.2) is 42.7 Å². The van der Waals surface area contributed by atoms with Crippen LogP contribution in [0.15, 0.2) is 40.2 Å². The van der Waals surface area contributed by atoms with Gasteiger partial charge in [0.25, 0.3) is 0 Å². The van der Waals surface area contributed by atoms with Gasteiger partial charge in [0.15, 0.2) is 11.6 Å². The van der Waals surface area contributed by atoms with Crippen LogP contribution >= 0.6 is 11.6 Å². The summed E-state index contributed by atoms with van der Waals surface area (Å²) in [5.74, 6) is -2.00. The summed E-state index contributed by atoms with van der Waals surface area (Å²) in [6, 6.07) is 6.05. The molecule has 1 aromatic heterocycles. The van der Waals surface area contributed by atoms with E-state index in [9.17, 15) is 17.6 Å². The zero-order chi connectivity index (χ0) is 17.9. The number of aliphatic imine (C=N–C) groups is 1. The second-order valence-corrected chi connectivity index (χ2v) is 7.36. The molecule has 0 N–H and O–H groups in total. The maximum Gasteiger partial charge on any atom is 0.363 e. The first-order valence-corrected chi connectivity index (χ1v) is 8.65. The van der Waals surface area contributed by atoms with Crippen molar-refractivity contribution < 1.29 is 12.8 Å². The Morgan fingerprint density at radius 2 is 1.96 bits per heavy atom. The van der Waals surface area contributed by atoms with Crippen molar-refractivity contribution in [1.82, 2.24) is 13.9 Å². The van der Waals surface area contributed by atoms with Gasteiger partial charge in [0.2, 0.25) is 10.0 Å². The topological polar surface area (TPSA) is 84.6 Å². The number of benzene rings is 1. The molecule has 0 spiro atoms. The van der Waals surface area contributed by atoms with E-state index in [0.29, 0.717) is 16.8 Å². The molecule has 0 saturated carbocycles. The summed E-state index contributed by atoms with van der Waals surface area (Å²) in [5.41, 5.74) is -0.724. The van der Waals surface area contributed by atoms with Crippen molar-refractivity contribution in [3.63, 3.8) is 0 Å². The molecular formula is C14H14ClFN4O3S. The Hall–Kier alpha value is -2.26. The zero-order valence-electron chi connectivity index (χ0n) is 12.8. The van der Waals surface area contributed by atoms with Crippen molar-refractivity contribution in [2.24, 2.45) is 4.99 Å². The molecule has 0 bridgehead atoms. The highest BCUT2D eigenvalue weighted by Gasteiger charge is 2.19. The molecule has 0 amide bonds. The zero-order valence-corrected chi connectivity index (χ0v) is 14.4. The second-order valence-electron chi connectivity index (χ2n) is 5.08. The largest absolute Gasteiger partial charge is 0.369 e. The molecule has 7 nitrogen and oxygen atoms in total. The average Bonchev–Trinajstić information content (AvgIpc) is 2.49. The van der Waals surface area contributed by atoms with E-state index in [0.717, 1.165) is 0 Å². The molecule has 2 rings (SSSR count). The predicted octanol–water partition coefficient (Wildman–Crippen LogP) is 1.64. The van der Waals surface area contributed by atoms with Crippen molar-refractivity contribution in [3.05, 3.63) is 57.3 Å². The molecule has 0 unspecified atom stereocenters. The lowest BCUT2D eigenvalue weighted by atomic mass is 10.2. The molecular weight excluding hydrogens is 359 g/mol. The fourth-order valence-corrected chi connectivity index (χ4v) is 3.14. The van der Waals surface area contributed by atoms with E-state index in [-0.39, 0.29) is 3.97 Å². The van der Waals surface area contributed by atoms with Gasteiger partial charge in [-0.3, -0.25) is 0 Å². The lowest BCUT2D eigenvalue weighted by molar-refractivity contribution is 0.570. The van der Waals surface area contributed by atoms with Crippen LogP contribution in [0.2, 0.25) is 5.02 Å². The monoisotopic (exact) mass is 372 g/mol. The van der Waals surface area contributed by atoms with Crippen molar-refractivity contribution in [2.45, 2.75) is 5.75 Å². The van der Waals surface area contributed by atoms with Crippen molar-refractivity contribution >= 4 is 33.8 Å². The third-order valence-corrected chi connectivity index (χ3v) is 4.62. The highest BCUT2D eigenvalue weighted by atomic mass is 35.5. The smallest absolute Gasteiger partial charge is 0.363 e. The Morgan fingerprint density at radius 3 is 2.54 bits per heavy atom. The van der Waals surface area contributed by atoms with E-state index >= 15 is 0 Å². The summed E-state index contributed by atoms with van der Waals surface area (Å²) in [5, 5.41) is 0.448. The Morgan fingerprint density at radius 1 is 1.33 bits per heavy atom. The van der Waals surface area contributed by atoms with Gasteiger partial charge in [-0.1, -0.05) is 23.7 Å². The van der Waals surface area contributed by atoms with E-state index in [1.54, 1.807) is 14.1 Å². The molecule has 0 atom stereocenters. The fraction of sp³-hybridized carbons (Fsp3) is 0.214. The summed E-state index contributed by atoms with van der Waals surface area (Å²) < 4.78 is 38.9. The van der Waals surface area contributed by atoms with E-state index in [1.807, 2.05) is 0 Å². The highest BCUT2D eigenvalue weighted by Crippen LogP contribution is 2.15. The van der Waals surface area contributed by atoms with E-state index in [1.165, 1.54) is 35.5 Å². The van der Waals surface area contributed by atoms with Crippen LogP contribution in [0.1, 0.15) is 5.56 Å². The molecule has 24 heavy (non-hydrogen) atoms. The lowest BCUT2D eigenvalue weighted by Gasteiger charge is -2.08. The molecule has 2 aromatic rings. The minimum absolute atomic E-state index is 0.269. The van der Waals surface area contributed by atoms with Crippen LogP contribution < -0.4 is 5.69 Å². The van der Waals surface area contributed by atoms with Crippen LogP contribution in [0.4, 0.5) is 10.2 Å². The fourth-order valence-electron chi connectivity index (χ4n) is 1.73. The maximum absolute atomic E-state index is 14.0. The standard InChI is InChI=1S/C14H14ClFN4O3S/c1-19(2)9-17-13-12(16)7-20(14(21)18-13)24(22,23)8-10-3-5-11(15)6-4-10/h3-7,9H,8H2,1-2H3. The van der Waals surface area contributed by atoms with Gasteiger partial charge in [0.1, 0.15) is 0 Å². The molecule has 0 aliphatic carbocycles. The summed E-state index contributed by atoms with van der Waals surface area (Å²) in [6.07, 6.45) is 1.82. The van der Waals surface area contributed by atoms with Crippen LogP contribution in [0.3, 0.4) is 0 Å².